The Bertz CT molecular complexity index is 552. The summed E-state index contributed by atoms with van der Waals surface area (Å²) in [7, 11) is 0. The SMILES string of the molecule is Nc1cc(OCc2ccccc2)ccc1C(F)(F)F. The Morgan fingerprint density at radius 3 is 2.26 bits per heavy atom. The van der Waals surface area contributed by atoms with Crippen molar-refractivity contribution >= 4 is 5.69 Å². The molecule has 2 rings (SSSR count). The molecule has 0 atom stereocenters. The highest BCUT2D eigenvalue weighted by Gasteiger charge is 2.32. The van der Waals surface area contributed by atoms with Crippen LogP contribution in [-0.2, 0) is 12.8 Å². The molecular formula is C14H12F3NO. The van der Waals surface area contributed by atoms with Crippen LogP contribution in [0.15, 0.2) is 48.5 Å². The van der Waals surface area contributed by atoms with Gasteiger partial charge in [-0.2, -0.15) is 13.2 Å². The second-order valence-corrected chi connectivity index (χ2v) is 4.02. The van der Waals surface area contributed by atoms with Gasteiger partial charge in [0.1, 0.15) is 12.4 Å². The lowest BCUT2D eigenvalue weighted by atomic mass is 10.1. The number of anilines is 1. The minimum Gasteiger partial charge on any atom is -0.489 e. The van der Waals surface area contributed by atoms with Gasteiger partial charge in [-0.05, 0) is 17.7 Å². The van der Waals surface area contributed by atoms with Crippen molar-refractivity contribution in [2.45, 2.75) is 12.8 Å². The number of alkyl halides is 3. The number of ether oxygens (including phenoxy) is 1. The van der Waals surface area contributed by atoms with Crippen LogP contribution < -0.4 is 10.5 Å². The molecule has 0 unspecified atom stereocenters. The average molecular weight is 267 g/mol. The molecule has 0 bridgehead atoms. The Morgan fingerprint density at radius 2 is 1.68 bits per heavy atom. The normalized spacial score (nSPS) is 11.3. The standard InChI is InChI=1S/C14H12F3NO/c15-14(16,17)12-7-6-11(8-13(12)18)19-9-10-4-2-1-3-5-10/h1-8H,9,18H2. The first-order valence-electron chi connectivity index (χ1n) is 5.60. The van der Waals surface area contributed by atoms with Crippen molar-refractivity contribution in [3.8, 4) is 5.75 Å². The molecule has 0 saturated heterocycles. The number of hydrogen-bond donors (Lipinski definition) is 1. The summed E-state index contributed by atoms with van der Waals surface area (Å²) in [5.41, 5.74) is 5.13. The summed E-state index contributed by atoms with van der Waals surface area (Å²) in [5, 5.41) is 0. The smallest absolute Gasteiger partial charge is 0.418 e. The largest absolute Gasteiger partial charge is 0.489 e. The molecule has 5 heteroatoms. The van der Waals surface area contributed by atoms with Crippen LogP contribution in [0.2, 0.25) is 0 Å². The number of nitrogen functional groups attached to an aromatic ring is 1. The van der Waals surface area contributed by atoms with Gasteiger partial charge in [0, 0.05) is 11.8 Å². The Balaban J connectivity index is 2.09. The highest BCUT2D eigenvalue weighted by Crippen LogP contribution is 2.35. The van der Waals surface area contributed by atoms with Crippen molar-refractivity contribution < 1.29 is 17.9 Å². The van der Waals surface area contributed by atoms with Crippen molar-refractivity contribution in [3.63, 3.8) is 0 Å². The molecule has 0 aromatic heterocycles. The number of hydrogen-bond acceptors (Lipinski definition) is 2. The molecule has 0 radical (unpaired) electrons. The maximum atomic E-state index is 12.5. The molecule has 0 aliphatic rings. The third-order valence-electron chi connectivity index (χ3n) is 2.58. The molecule has 2 aromatic carbocycles. The molecule has 0 aliphatic heterocycles. The monoisotopic (exact) mass is 267 g/mol. The van der Waals surface area contributed by atoms with Crippen molar-refractivity contribution in [2.24, 2.45) is 0 Å². The van der Waals surface area contributed by atoms with Gasteiger partial charge in [-0.1, -0.05) is 30.3 Å². The van der Waals surface area contributed by atoms with Gasteiger partial charge in [-0.3, -0.25) is 0 Å². The van der Waals surface area contributed by atoms with Gasteiger partial charge < -0.3 is 10.5 Å². The summed E-state index contributed by atoms with van der Waals surface area (Å²) in [6.07, 6.45) is -4.44. The van der Waals surface area contributed by atoms with E-state index in [0.717, 1.165) is 11.6 Å². The van der Waals surface area contributed by atoms with Crippen LogP contribution in [0.25, 0.3) is 0 Å². The third-order valence-corrected chi connectivity index (χ3v) is 2.58. The van der Waals surface area contributed by atoms with Crippen LogP contribution in [0.4, 0.5) is 18.9 Å². The first kappa shape index (κ1) is 13.3. The van der Waals surface area contributed by atoms with Gasteiger partial charge in [0.2, 0.25) is 0 Å². The number of nitrogens with two attached hydrogens (primary N) is 1. The van der Waals surface area contributed by atoms with E-state index in [9.17, 15) is 13.2 Å². The van der Waals surface area contributed by atoms with Crippen molar-refractivity contribution in [2.75, 3.05) is 5.73 Å². The van der Waals surface area contributed by atoms with Crippen LogP contribution in [0, 0.1) is 0 Å². The molecule has 0 saturated carbocycles. The zero-order valence-electron chi connectivity index (χ0n) is 9.95. The number of halogens is 3. The van der Waals surface area contributed by atoms with Crippen LogP contribution in [0.5, 0.6) is 5.75 Å². The van der Waals surface area contributed by atoms with E-state index in [1.165, 1.54) is 12.1 Å². The van der Waals surface area contributed by atoms with Crippen LogP contribution >= 0.6 is 0 Å². The fraction of sp³-hybridized carbons (Fsp3) is 0.143. The highest BCUT2D eigenvalue weighted by atomic mass is 19.4. The van der Waals surface area contributed by atoms with Crippen molar-refractivity contribution in [1.82, 2.24) is 0 Å². The number of rotatable bonds is 3. The van der Waals surface area contributed by atoms with Crippen molar-refractivity contribution in [3.05, 3.63) is 59.7 Å². The maximum absolute atomic E-state index is 12.5. The predicted molar refractivity (Wildman–Crippen MR) is 66.6 cm³/mol. The second kappa shape index (κ2) is 5.22. The summed E-state index contributed by atoms with van der Waals surface area (Å²) < 4.78 is 42.9. The molecule has 0 amide bonds. The molecule has 2 aromatic rings. The molecule has 2 N–H and O–H groups in total. The topological polar surface area (TPSA) is 35.2 Å². The lowest BCUT2D eigenvalue weighted by Crippen LogP contribution is -2.09. The third kappa shape index (κ3) is 3.40. The Hall–Kier alpha value is -2.17. The lowest BCUT2D eigenvalue weighted by Gasteiger charge is -2.12. The molecule has 0 aliphatic carbocycles. The van der Waals surface area contributed by atoms with Gasteiger partial charge >= 0.3 is 6.18 Å². The summed E-state index contributed by atoms with van der Waals surface area (Å²) >= 11 is 0. The lowest BCUT2D eigenvalue weighted by molar-refractivity contribution is -0.136. The molecule has 0 spiro atoms. The van der Waals surface area contributed by atoms with E-state index < -0.39 is 11.7 Å². The van der Waals surface area contributed by atoms with Crippen LogP contribution in [0.3, 0.4) is 0 Å². The van der Waals surface area contributed by atoms with Gasteiger partial charge in [-0.25, -0.2) is 0 Å². The summed E-state index contributed by atoms with van der Waals surface area (Å²) in [6, 6.07) is 12.7. The zero-order valence-corrected chi connectivity index (χ0v) is 9.95. The minimum absolute atomic E-state index is 0.283. The molecule has 19 heavy (non-hydrogen) atoms. The second-order valence-electron chi connectivity index (χ2n) is 4.02. The number of benzene rings is 2. The van der Waals surface area contributed by atoms with Gasteiger partial charge in [0.25, 0.3) is 0 Å². The van der Waals surface area contributed by atoms with E-state index in [1.807, 2.05) is 30.3 Å². The van der Waals surface area contributed by atoms with E-state index in [1.54, 1.807) is 0 Å². The minimum atomic E-state index is -4.44. The average Bonchev–Trinajstić information content (AvgIpc) is 2.36. The van der Waals surface area contributed by atoms with E-state index in [-0.39, 0.29) is 12.3 Å². The summed E-state index contributed by atoms with van der Waals surface area (Å²) in [5.74, 6) is 0.314. The summed E-state index contributed by atoms with van der Waals surface area (Å²) in [4.78, 5) is 0. The molecule has 2 nitrogen and oxygen atoms in total. The van der Waals surface area contributed by atoms with Gasteiger partial charge in [0.05, 0.1) is 5.56 Å². The van der Waals surface area contributed by atoms with Crippen LogP contribution in [-0.4, -0.2) is 0 Å². The molecular weight excluding hydrogens is 255 g/mol. The maximum Gasteiger partial charge on any atom is 0.418 e. The quantitative estimate of drug-likeness (QED) is 0.857. The van der Waals surface area contributed by atoms with E-state index in [2.05, 4.69) is 0 Å². The van der Waals surface area contributed by atoms with E-state index in [4.69, 9.17) is 10.5 Å². The summed E-state index contributed by atoms with van der Waals surface area (Å²) in [6.45, 7) is 0.283. The highest BCUT2D eigenvalue weighted by molar-refractivity contribution is 5.52. The van der Waals surface area contributed by atoms with E-state index >= 15 is 0 Å². The van der Waals surface area contributed by atoms with Gasteiger partial charge in [-0.15, -0.1) is 0 Å². The zero-order chi connectivity index (χ0) is 13.9. The van der Waals surface area contributed by atoms with E-state index in [0.29, 0.717) is 5.75 Å². The fourth-order valence-electron chi connectivity index (χ4n) is 1.63. The van der Waals surface area contributed by atoms with Crippen molar-refractivity contribution in [1.29, 1.82) is 0 Å². The first-order valence-corrected chi connectivity index (χ1v) is 5.60. The van der Waals surface area contributed by atoms with Crippen LogP contribution in [0.1, 0.15) is 11.1 Å². The Morgan fingerprint density at radius 1 is 1.00 bits per heavy atom. The first-order chi connectivity index (χ1) is 8.97. The Labute approximate surface area is 108 Å². The van der Waals surface area contributed by atoms with Gasteiger partial charge in [0.15, 0.2) is 0 Å². The molecule has 0 fully saturated rings. The fourth-order valence-corrected chi connectivity index (χ4v) is 1.63. The molecule has 0 heterocycles. The molecule has 100 valence electrons. The Kier molecular flexibility index (Phi) is 3.64. The predicted octanol–water partition coefficient (Wildman–Crippen LogP) is 3.87.